The van der Waals surface area contributed by atoms with Gasteiger partial charge in [-0.1, -0.05) is 0 Å². The van der Waals surface area contributed by atoms with Crippen LogP contribution in [0.2, 0.25) is 0 Å². The van der Waals surface area contributed by atoms with Crippen molar-refractivity contribution in [2.45, 2.75) is 39.0 Å². The molecule has 2 aliphatic rings. The molecule has 2 fully saturated rings. The minimum atomic E-state index is 0.110. The summed E-state index contributed by atoms with van der Waals surface area (Å²) in [5, 5.41) is 0.978. The van der Waals surface area contributed by atoms with Crippen LogP contribution < -0.4 is 5.73 Å². The average molecular weight is 337 g/mol. The zero-order valence-corrected chi connectivity index (χ0v) is 14.7. The normalized spacial score (nSPS) is 23.2. The molecule has 3 heterocycles. The molecule has 1 unspecified atom stereocenters. The number of aromatic nitrogens is 1. The standard InChI is InChI=1S/C17H27N3O2S/c1-12-16(19-15(23-12)4-7-18)17(21)20-8-2-3-14(11-20)13-5-9-22-10-6-13/h13-14H,2-11,18H2,1H3. The fourth-order valence-electron chi connectivity index (χ4n) is 3.80. The van der Waals surface area contributed by atoms with Gasteiger partial charge >= 0.3 is 0 Å². The number of likely N-dealkylation sites (tertiary alicyclic amines) is 1. The van der Waals surface area contributed by atoms with Crippen LogP contribution in [0.25, 0.3) is 0 Å². The lowest BCUT2D eigenvalue weighted by Crippen LogP contribution is -2.43. The Bertz CT molecular complexity index is 540. The van der Waals surface area contributed by atoms with E-state index in [0.29, 0.717) is 24.1 Å². The number of amides is 1. The molecule has 1 aromatic heterocycles. The number of rotatable bonds is 4. The van der Waals surface area contributed by atoms with Gasteiger partial charge in [0, 0.05) is 37.6 Å². The Balaban J connectivity index is 1.66. The van der Waals surface area contributed by atoms with E-state index in [9.17, 15) is 4.79 Å². The van der Waals surface area contributed by atoms with Crippen molar-refractivity contribution >= 4 is 17.2 Å². The first-order chi connectivity index (χ1) is 11.2. The van der Waals surface area contributed by atoms with E-state index < -0.39 is 0 Å². The molecule has 1 amide bonds. The number of piperidine rings is 1. The van der Waals surface area contributed by atoms with Gasteiger partial charge in [-0.05, 0) is 51.0 Å². The maximum atomic E-state index is 12.9. The Labute approximate surface area is 142 Å². The molecule has 0 spiro atoms. The highest BCUT2D eigenvalue weighted by atomic mass is 32.1. The Morgan fingerprint density at radius 1 is 1.35 bits per heavy atom. The SMILES string of the molecule is Cc1sc(CCN)nc1C(=O)N1CCCC(C2CCOCC2)C1. The van der Waals surface area contributed by atoms with Crippen molar-refractivity contribution in [2.24, 2.45) is 17.6 Å². The number of hydrogen-bond donors (Lipinski definition) is 1. The Hall–Kier alpha value is -0.980. The van der Waals surface area contributed by atoms with Crippen molar-refractivity contribution in [3.63, 3.8) is 0 Å². The summed E-state index contributed by atoms with van der Waals surface area (Å²) in [7, 11) is 0. The van der Waals surface area contributed by atoms with E-state index in [4.69, 9.17) is 10.5 Å². The Morgan fingerprint density at radius 3 is 2.87 bits per heavy atom. The van der Waals surface area contributed by atoms with Crippen LogP contribution in [-0.4, -0.2) is 48.6 Å². The van der Waals surface area contributed by atoms with E-state index in [1.54, 1.807) is 11.3 Å². The first kappa shape index (κ1) is 16.9. The van der Waals surface area contributed by atoms with Gasteiger partial charge in [0.2, 0.25) is 0 Å². The van der Waals surface area contributed by atoms with Gasteiger partial charge in [0.15, 0.2) is 0 Å². The largest absolute Gasteiger partial charge is 0.381 e. The summed E-state index contributed by atoms with van der Waals surface area (Å²) < 4.78 is 5.48. The molecule has 6 heteroatoms. The molecular formula is C17H27N3O2S. The third-order valence-electron chi connectivity index (χ3n) is 5.08. The van der Waals surface area contributed by atoms with Gasteiger partial charge in [-0.3, -0.25) is 4.79 Å². The second-order valence-electron chi connectivity index (χ2n) is 6.65. The highest BCUT2D eigenvalue weighted by Gasteiger charge is 2.32. The second-order valence-corrected chi connectivity index (χ2v) is 7.94. The molecule has 5 nitrogen and oxygen atoms in total. The molecule has 128 valence electrons. The summed E-state index contributed by atoms with van der Waals surface area (Å²) in [6.07, 6.45) is 5.38. The predicted octanol–water partition coefficient (Wildman–Crippen LogP) is 2.23. The minimum absolute atomic E-state index is 0.110. The van der Waals surface area contributed by atoms with Crippen molar-refractivity contribution in [2.75, 3.05) is 32.8 Å². The number of aryl methyl sites for hydroxylation is 1. The molecule has 2 saturated heterocycles. The fraction of sp³-hybridized carbons (Fsp3) is 0.765. The summed E-state index contributed by atoms with van der Waals surface area (Å²) in [4.78, 5) is 20.5. The lowest BCUT2D eigenvalue weighted by molar-refractivity contribution is 0.0250. The number of nitrogens with zero attached hydrogens (tertiary/aromatic N) is 2. The maximum Gasteiger partial charge on any atom is 0.273 e. The molecule has 0 radical (unpaired) electrons. The fourth-order valence-corrected chi connectivity index (χ4v) is 4.74. The molecular weight excluding hydrogens is 310 g/mol. The van der Waals surface area contributed by atoms with Crippen LogP contribution in [0.1, 0.15) is 46.1 Å². The third kappa shape index (κ3) is 3.92. The van der Waals surface area contributed by atoms with Gasteiger partial charge in [-0.2, -0.15) is 0 Å². The van der Waals surface area contributed by atoms with E-state index in [0.717, 1.165) is 61.9 Å². The van der Waals surface area contributed by atoms with E-state index in [1.807, 2.05) is 11.8 Å². The molecule has 1 atom stereocenters. The Kier molecular flexibility index (Phi) is 5.67. The van der Waals surface area contributed by atoms with Crippen molar-refractivity contribution in [3.05, 3.63) is 15.6 Å². The van der Waals surface area contributed by atoms with Crippen LogP contribution in [0.5, 0.6) is 0 Å². The number of ether oxygens (including phenoxy) is 1. The highest BCUT2D eigenvalue weighted by molar-refractivity contribution is 7.11. The third-order valence-corrected chi connectivity index (χ3v) is 6.11. The van der Waals surface area contributed by atoms with Crippen LogP contribution in [0.15, 0.2) is 0 Å². The monoisotopic (exact) mass is 337 g/mol. The van der Waals surface area contributed by atoms with Gasteiger partial charge in [0.25, 0.3) is 5.91 Å². The van der Waals surface area contributed by atoms with Gasteiger partial charge in [0.05, 0.1) is 5.01 Å². The zero-order valence-electron chi connectivity index (χ0n) is 13.9. The van der Waals surface area contributed by atoms with E-state index in [-0.39, 0.29) is 5.91 Å². The molecule has 3 rings (SSSR count). The summed E-state index contributed by atoms with van der Waals surface area (Å²) in [6, 6.07) is 0. The van der Waals surface area contributed by atoms with E-state index >= 15 is 0 Å². The van der Waals surface area contributed by atoms with Crippen molar-refractivity contribution in [3.8, 4) is 0 Å². The summed E-state index contributed by atoms with van der Waals surface area (Å²) >= 11 is 1.60. The Morgan fingerprint density at radius 2 is 2.13 bits per heavy atom. The lowest BCUT2D eigenvalue weighted by atomic mass is 9.81. The molecule has 23 heavy (non-hydrogen) atoms. The predicted molar refractivity (Wildman–Crippen MR) is 91.8 cm³/mol. The van der Waals surface area contributed by atoms with Gasteiger partial charge in [-0.25, -0.2) is 4.98 Å². The molecule has 0 aromatic carbocycles. The van der Waals surface area contributed by atoms with Gasteiger partial charge in [0.1, 0.15) is 5.69 Å². The number of thiazole rings is 1. The van der Waals surface area contributed by atoms with Crippen molar-refractivity contribution in [1.29, 1.82) is 0 Å². The quantitative estimate of drug-likeness (QED) is 0.915. The van der Waals surface area contributed by atoms with E-state index in [2.05, 4.69) is 4.98 Å². The highest BCUT2D eigenvalue weighted by Crippen LogP contribution is 2.31. The zero-order chi connectivity index (χ0) is 16.2. The van der Waals surface area contributed by atoms with Crippen LogP contribution in [0.3, 0.4) is 0 Å². The molecule has 1 aromatic rings. The first-order valence-electron chi connectivity index (χ1n) is 8.72. The summed E-state index contributed by atoms with van der Waals surface area (Å²) in [6.45, 7) is 6.07. The second kappa shape index (κ2) is 7.73. The smallest absolute Gasteiger partial charge is 0.273 e. The number of nitrogens with two attached hydrogens (primary N) is 1. The lowest BCUT2D eigenvalue weighted by Gasteiger charge is -2.38. The number of hydrogen-bond acceptors (Lipinski definition) is 5. The average Bonchev–Trinajstić information content (AvgIpc) is 2.96. The molecule has 2 N–H and O–H groups in total. The van der Waals surface area contributed by atoms with Gasteiger partial charge in [-0.15, -0.1) is 11.3 Å². The summed E-state index contributed by atoms with van der Waals surface area (Å²) in [5.74, 6) is 1.45. The van der Waals surface area contributed by atoms with Crippen LogP contribution >= 0.6 is 11.3 Å². The van der Waals surface area contributed by atoms with Crippen molar-refractivity contribution < 1.29 is 9.53 Å². The van der Waals surface area contributed by atoms with Crippen LogP contribution in [-0.2, 0) is 11.2 Å². The summed E-state index contributed by atoms with van der Waals surface area (Å²) in [5.41, 5.74) is 6.25. The molecule has 0 aliphatic carbocycles. The van der Waals surface area contributed by atoms with Crippen LogP contribution in [0, 0.1) is 18.8 Å². The molecule has 2 aliphatic heterocycles. The maximum absolute atomic E-state index is 12.9. The minimum Gasteiger partial charge on any atom is -0.381 e. The first-order valence-corrected chi connectivity index (χ1v) is 9.54. The van der Waals surface area contributed by atoms with Crippen LogP contribution in [0.4, 0.5) is 0 Å². The topological polar surface area (TPSA) is 68.5 Å². The molecule has 0 bridgehead atoms. The van der Waals surface area contributed by atoms with Gasteiger partial charge < -0.3 is 15.4 Å². The molecule has 0 saturated carbocycles. The van der Waals surface area contributed by atoms with Crippen molar-refractivity contribution in [1.82, 2.24) is 9.88 Å². The van der Waals surface area contributed by atoms with E-state index in [1.165, 1.54) is 6.42 Å². The number of carbonyl (C=O) groups excluding carboxylic acids is 1. The number of carbonyl (C=O) groups is 1.